The molecule has 0 rings (SSSR count). The zero-order chi connectivity index (χ0) is 12.9. The van der Waals surface area contributed by atoms with Crippen LogP contribution in [0.15, 0.2) is 0 Å². The second-order valence-electron chi connectivity index (χ2n) is 4.47. The maximum absolute atomic E-state index is 5.12. The van der Waals surface area contributed by atoms with Gasteiger partial charge < -0.3 is 14.8 Å². The van der Waals surface area contributed by atoms with E-state index in [0.29, 0.717) is 6.04 Å². The number of nitrogens with zero attached hydrogens (tertiary/aromatic N) is 1. The summed E-state index contributed by atoms with van der Waals surface area (Å²) in [4.78, 5) is 2.37. The summed E-state index contributed by atoms with van der Waals surface area (Å²) in [7, 11) is 3.49. The third-order valence-electron chi connectivity index (χ3n) is 2.87. The minimum atomic E-state index is 0.617. The summed E-state index contributed by atoms with van der Waals surface area (Å²) in [6.45, 7) is 10.1. The second-order valence-corrected chi connectivity index (χ2v) is 4.47. The van der Waals surface area contributed by atoms with Crippen LogP contribution in [-0.2, 0) is 9.47 Å². The number of rotatable bonds is 12. The summed E-state index contributed by atoms with van der Waals surface area (Å²) in [5.74, 6) is 0. The Kier molecular flexibility index (Phi) is 12.2. The maximum atomic E-state index is 5.12. The molecule has 1 atom stereocenters. The van der Waals surface area contributed by atoms with Gasteiger partial charge in [0, 0.05) is 46.4 Å². The average molecular weight is 246 g/mol. The third-order valence-corrected chi connectivity index (χ3v) is 2.87. The van der Waals surface area contributed by atoms with Gasteiger partial charge in [-0.1, -0.05) is 13.3 Å². The summed E-state index contributed by atoms with van der Waals surface area (Å²) in [6, 6.07) is 0.617. The highest BCUT2D eigenvalue weighted by Crippen LogP contribution is 1.94. The lowest BCUT2D eigenvalue weighted by atomic mass is 10.2. The molecule has 0 saturated carbocycles. The smallest absolute Gasteiger partial charge is 0.0589 e. The van der Waals surface area contributed by atoms with Crippen molar-refractivity contribution in [1.29, 1.82) is 0 Å². The monoisotopic (exact) mass is 246 g/mol. The molecular weight excluding hydrogens is 216 g/mol. The summed E-state index contributed by atoms with van der Waals surface area (Å²) >= 11 is 0. The van der Waals surface area contributed by atoms with Crippen molar-refractivity contribution >= 4 is 0 Å². The van der Waals surface area contributed by atoms with Crippen LogP contribution in [0.1, 0.15) is 26.7 Å². The van der Waals surface area contributed by atoms with Crippen LogP contribution in [0.5, 0.6) is 0 Å². The van der Waals surface area contributed by atoms with E-state index in [1.54, 1.807) is 14.2 Å². The van der Waals surface area contributed by atoms with Crippen molar-refractivity contribution in [3.63, 3.8) is 0 Å². The Bertz CT molecular complexity index is 148. The van der Waals surface area contributed by atoms with Gasteiger partial charge in [0.15, 0.2) is 0 Å². The molecule has 104 valence electrons. The van der Waals surface area contributed by atoms with E-state index < -0.39 is 0 Å². The van der Waals surface area contributed by atoms with Gasteiger partial charge in [-0.25, -0.2) is 0 Å². The predicted molar refractivity (Wildman–Crippen MR) is 72.6 cm³/mol. The molecule has 0 fully saturated rings. The zero-order valence-electron chi connectivity index (χ0n) is 12.0. The van der Waals surface area contributed by atoms with Gasteiger partial charge in [-0.05, 0) is 13.3 Å². The quantitative estimate of drug-likeness (QED) is 0.564. The van der Waals surface area contributed by atoms with Gasteiger partial charge in [-0.2, -0.15) is 0 Å². The van der Waals surface area contributed by atoms with E-state index in [9.17, 15) is 0 Å². The normalized spacial score (nSPS) is 13.2. The molecular formula is C13H30N2O2. The van der Waals surface area contributed by atoms with Gasteiger partial charge in [-0.3, -0.25) is 4.90 Å². The highest BCUT2D eigenvalue weighted by molar-refractivity contribution is 4.63. The molecule has 17 heavy (non-hydrogen) atoms. The van der Waals surface area contributed by atoms with E-state index in [1.807, 2.05) is 0 Å². The maximum Gasteiger partial charge on any atom is 0.0589 e. The van der Waals surface area contributed by atoms with E-state index in [0.717, 1.165) is 39.4 Å². The molecule has 0 bridgehead atoms. The SMILES string of the molecule is CCCC(C)NCCN(CCOC)CCOC. The molecule has 0 spiro atoms. The molecule has 4 heteroatoms. The molecule has 0 aromatic carbocycles. The average Bonchev–Trinajstić information content (AvgIpc) is 2.32. The summed E-state index contributed by atoms with van der Waals surface area (Å²) < 4.78 is 10.2. The summed E-state index contributed by atoms with van der Waals surface area (Å²) in [5, 5.41) is 3.54. The molecule has 0 aliphatic carbocycles. The van der Waals surface area contributed by atoms with E-state index >= 15 is 0 Å². The van der Waals surface area contributed by atoms with Crippen LogP contribution < -0.4 is 5.32 Å². The van der Waals surface area contributed by atoms with Gasteiger partial charge in [-0.15, -0.1) is 0 Å². The Balaban J connectivity index is 3.65. The van der Waals surface area contributed by atoms with Crippen LogP contribution in [0.3, 0.4) is 0 Å². The van der Waals surface area contributed by atoms with Crippen molar-refractivity contribution in [3.8, 4) is 0 Å². The van der Waals surface area contributed by atoms with Gasteiger partial charge in [0.05, 0.1) is 13.2 Å². The molecule has 0 amide bonds. The van der Waals surface area contributed by atoms with Crippen LogP contribution in [0.25, 0.3) is 0 Å². The van der Waals surface area contributed by atoms with Gasteiger partial charge >= 0.3 is 0 Å². The first kappa shape index (κ1) is 16.8. The van der Waals surface area contributed by atoms with Crippen LogP contribution in [0.4, 0.5) is 0 Å². The van der Waals surface area contributed by atoms with Crippen LogP contribution in [-0.4, -0.2) is 64.6 Å². The van der Waals surface area contributed by atoms with Crippen LogP contribution >= 0.6 is 0 Å². The number of hydrogen-bond acceptors (Lipinski definition) is 4. The lowest BCUT2D eigenvalue weighted by Crippen LogP contribution is -2.38. The first-order valence-electron chi connectivity index (χ1n) is 6.68. The van der Waals surface area contributed by atoms with Gasteiger partial charge in [0.2, 0.25) is 0 Å². The van der Waals surface area contributed by atoms with Crippen molar-refractivity contribution < 1.29 is 9.47 Å². The standard InChI is InChI=1S/C13H30N2O2/c1-5-6-13(2)14-7-8-15(9-11-16-3)10-12-17-4/h13-14H,5-12H2,1-4H3. The summed E-state index contributed by atoms with van der Waals surface area (Å²) in [5.41, 5.74) is 0. The fourth-order valence-electron chi connectivity index (χ4n) is 1.78. The predicted octanol–water partition coefficient (Wildman–Crippen LogP) is 1.36. The number of hydrogen-bond donors (Lipinski definition) is 1. The van der Waals surface area contributed by atoms with Gasteiger partial charge in [0.25, 0.3) is 0 Å². The number of ether oxygens (including phenoxy) is 2. The van der Waals surface area contributed by atoms with Gasteiger partial charge in [0.1, 0.15) is 0 Å². The second kappa shape index (κ2) is 12.3. The molecule has 0 heterocycles. The molecule has 4 nitrogen and oxygen atoms in total. The molecule has 0 aliphatic rings. The number of methoxy groups -OCH3 is 2. The number of nitrogens with one attached hydrogen (secondary N) is 1. The minimum Gasteiger partial charge on any atom is -0.383 e. The lowest BCUT2D eigenvalue weighted by molar-refractivity contribution is 0.114. The molecule has 0 aliphatic heterocycles. The largest absolute Gasteiger partial charge is 0.383 e. The minimum absolute atomic E-state index is 0.617. The van der Waals surface area contributed by atoms with Crippen LogP contribution in [0.2, 0.25) is 0 Å². The summed E-state index contributed by atoms with van der Waals surface area (Å²) in [6.07, 6.45) is 2.49. The van der Waals surface area contributed by atoms with Crippen molar-refractivity contribution in [3.05, 3.63) is 0 Å². The Hall–Kier alpha value is -0.160. The molecule has 0 aromatic heterocycles. The van der Waals surface area contributed by atoms with Crippen molar-refractivity contribution in [2.75, 3.05) is 53.6 Å². The Morgan fingerprint density at radius 1 is 1.06 bits per heavy atom. The van der Waals surface area contributed by atoms with Crippen LogP contribution in [0, 0.1) is 0 Å². The Labute approximate surface area is 107 Å². The Morgan fingerprint density at radius 3 is 2.12 bits per heavy atom. The first-order chi connectivity index (χ1) is 8.24. The topological polar surface area (TPSA) is 33.7 Å². The van der Waals surface area contributed by atoms with E-state index in [2.05, 4.69) is 24.1 Å². The Morgan fingerprint density at radius 2 is 1.65 bits per heavy atom. The van der Waals surface area contributed by atoms with Crippen molar-refractivity contribution in [1.82, 2.24) is 10.2 Å². The molecule has 1 unspecified atom stereocenters. The van der Waals surface area contributed by atoms with E-state index in [1.165, 1.54) is 12.8 Å². The highest BCUT2D eigenvalue weighted by atomic mass is 16.5. The highest BCUT2D eigenvalue weighted by Gasteiger charge is 2.05. The van der Waals surface area contributed by atoms with Crippen molar-refractivity contribution in [2.24, 2.45) is 0 Å². The molecule has 0 saturated heterocycles. The van der Waals surface area contributed by atoms with Crippen molar-refractivity contribution in [2.45, 2.75) is 32.7 Å². The molecule has 0 radical (unpaired) electrons. The molecule has 1 N–H and O–H groups in total. The van der Waals surface area contributed by atoms with E-state index in [4.69, 9.17) is 9.47 Å². The fourth-order valence-corrected chi connectivity index (χ4v) is 1.78. The third kappa shape index (κ3) is 10.7. The zero-order valence-corrected chi connectivity index (χ0v) is 12.0. The fraction of sp³-hybridized carbons (Fsp3) is 1.00. The lowest BCUT2D eigenvalue weighted by Gasteiger charge is -2.23. The molecule has 0 aromatic rings. The first-order valence-corrected chi connectivity index (χ1v) is 6.68. The van der Waals surface area contributed by atoms with E-state index in [-0.39, 0.29) is 0 Å².